The van der Waals surface area contributed by atoms with Gasteiger partial charge in [0.1, 0.15) is 23.7 Å². The first-order chi connectivity index (χ1) is 15.5. The van der Waals surface area contributed by atoms with Gasteiger partial charge in [0.15, 0.2) is 0 Å². The molecule has 4 heterocycles. The maximum absolute atomic E-state index is 12.7. The fraction of sp³-hybridized carbons (Fsp3) is 0.208. The maximum atomic E-state index is 12.7. The summed E-state index contributed by atoms with van der Waals surface area (Å²) >= 11 is 0. The molecule has 8 heteroatoms. The Kier molecular flexibility index (Phi) is 4.89. The van der Waals surface area contributed by atoms with E-state index in [9.17, 15) is 14.7 Å². The number of pyridine rings is 2. The van der Waals surface area contributed by atoms with Crippen molar-refractivity contribution in [2.75, 3.05) is 6.54 Å². The minimum absolute atomic E-state index is 0.225. The number of nitrogens with zero attached hydrogens (tertiary/aromatic N) is 3. The zero-order chi connectivity index (χ0) is 22.2. The number of furan rings is 1. The van der Waals surface area contributed by atoms with E-state index in [0.717, 1.165) is 28.0 Å². The van der Waals surface area contributed by atoms with E-state index in [-0.39, 0.29) is 5.56 Å². The van der Waals surface area contributed by atoms with E-state index in [1.807, 2.05) is 31.2 Å². The highest BCUT2D eigenvalue weighted by Crippen LogP contribution is 2.32. The summed E-state index contributed by atoms with van der Waals surface area (Å²) in [5, 5.41) is 10.1. The topological polar surface area (TPSA) is 97.8 Å². The van der Waals surface area contributed by atoms with Crippen molar-refractivity contribution in [3.63, 3.8) is 0 Å². The summed E-state index contributed by atoms with van der Waals surface area (Å²) in [5.41, 5.74) is 3.83. The quantitative estimate of drug-likeness (QED) is 0.526. The zero-order valence-electron chi connectivity index (χ0n) is 17.4. The number of hydrogen-bond acceptors (Lipinski definition) is 5. The zero-order valence-corrected chi connectivity index (χ0v) is 17.4. The summed E-state index contributed by atoms with van der Waals surface area (Å²) < 4.78 is 13.2. The number of aromatic nitrogens is 2. The molecule has 0 bridgehead atoms. The molecule has 8 nitrogen and oxygen atoms in total. The summed E-state index contributed by atoms with van der Waals surface area (Å²) in [4.78, 5) is 29.6. The van der Waals surface area contributed by atoms with E-state index in [4.69, 9.17) is 9.15 Å². The first-order valence-corrected chi connectivity index (χ1v) is 10.3. The van der Waals surface area contributed by atoms with Crippen LogP contribution in [0, 0.1) is 6.92 Å². The molecule has 1 N–H and O–H groups in total. The van der Waals surface area contributed by atoms with Crippen LogP contribution in [0.25, 0.3) is 16.7 Å². The molecular formula is C24H21N3O5. The number of fused-ring (bicyclic) bond motifs is 3. The van der Waals surface area contributed by atoms with E-state index in [1.54, 1.807) is 24.5 Å². The van der Waals surface area contributed by atoms with Gasteiger partial charge in [-0.15, -0.1) is 0 Å². The molecule has 0 fully saturated rings. The van der Waals surface area contributed by atoms with Crippen LogP contribution in [-0.4, -0.2) is 32.2 Å². The number of ether oxygens (including phenoxy) is 1. The highest BCUT2D eigenvalue weighted by molar-refractivity contribution is 5.85. The summed E-state index contributed by atoms with van der Waals surface area (Å²) in [6.45, 7) is 2.96. The van der Waals surface area contributed by atoms with E-state index in [2.05, 4.69) is 4.98 Å². The molecule has 0 radical (unpaired) electrons. The van der Waals surface area contributed by atoms with Crippen LogP contribution in [-0.2, 0) is 19.6 Å². The number of benzene rings is 1. The van der Waals surface area contributed by atoms with Gasteiger partial charge in [0.05, 0.1) is 12.2 Å². The van der Waals surface area contributed by atoms with Gasteiger partial charge < -0.3 is 19.2 Å². The average molecular weight is 431 g/mol. The molecular weight excluding hydrogens is 410 g/mol. The Balaban J connectivity index is 1.38. The average Bonchev–Trinajstić information content (AvgIpc) is 3.15. The monoisotopic (exact) mass is 431 g/mol. The van der Waals surface area contributed by atoms with Crippen LogP contribution in [0.4, 0.5) is 4.79 Å². The van der Waals surface area contributed by atoms with Gasteiger partial charge in [0, 0.05) is 59.7 Å². The van der Waals surface area contributed by atoms with Gasteiger partial charge in [0.2, 0.25) is 0 Å². The van der Waals surface area contributed by atoms with Crippen LogP contribution in [0.2, 0.25) is 0 Å². The lowest BCUT2D eigenvalue weighted by Gasteiger charge is -2.23. The van der Waals surface area contributed by atoms with Crippen molar-refractivity contribution in [1.29, 1.82) is 0 Å². The summed E-state index contributed by atoms with van der Waals surface area (Å²) in [6, 6.07) is 12.6. The highest BCUT2D eigenvalue weighted by Gasteiger charge is 2.25. The predicted molar refractivity (Wildman–Crippen MR) is 117 cm³/mol. The molecule has 0 spiro atoms. The minimum atomic E-state index is -0.936. The second-order valence-electron chi connectivity index (χ2n) is 7.81. The van der Waals surface area contributed by atoms with Gasteiger partial charge in [-0.2, -0.15) is 0 Å². The molecule has 0 unspecified atom stereocenters. The van der Waals surface area contributed by atoms with E-state index in [1.165, 1.54) is 15.5 Å². The van der Waals surface area contributed by atoms with Gasteiger partial charge in [-0.05, 0) is 31.2 Å². The fourth-order valence-corrected chi connectivity index (χ4v) is 3.90. The van der Waals surface area contributed by atoms with Crippen molar-refractivity contribution in [3.05, 3.63) is 87.8 Å². The van der Waals surface area contributed by atoms with Crippen LogP contribution >= 0.6 is 0 Å². The number of hydrogen-bond donors (Lipinski definition) is 1. The molecule has 1 aliphatic heterocycles. The lowest BCUT2D eigenvalue weighted by molar-refractivity contribution is 0.138. The summed E-state index contributed by atoms with van der Waals surface area (Å²) in [6.07, 6.45) is 3.02. The van der Waals surface area contributed by atoms with Crippen molar-refractivity contribution in [3.8, 4) is 11.4 Å². The Hall–Kier alpha value is -4.07. The van der Waals surface area contributed by atoms with Crippen molar-refractivity contribution in [1.82, 2.24) is 14.5 Å². The summed E-state index contributed by atoms with van der Waals surface area (Å²) in [7, 11) is 0. The fourth-order valence-electron chi connectivity index (χ4n) is 3.90. The summed E-state index contributed by atoms with van der Waals surface area (Å²) in [5.74, 6) is 1.28. The van der Waals surface area contributed by atoms with Crippen molar-refractivity contribution >= 4 is 17.1 Å². The lowest BCUT2D eigenvalue weighted by atomic mass is 10.0. The largest absolute Gasteiger partial charge is 0.489 e. The third-order valence-electron chi connectivity index (χ3n) is 5.64. The standard InChI is InChI=1S/C24H21N3O5/c1-15-2-3-16(12-25-15)14-31-18-6-9-27(23(28)11-18)17-4-5-19-20-13-26(24(29)30)8-7-21(20)32-22(19)10-17/h2-6,9-12H,7-8,13-14H2,1H3,(H,29,30). The van der Waals surface area contributed by atoms with Crippen LogP contribution in [0.5, 0.6) is 5.75 Å². The molecule has 1 amide bonds. The highest BCUT2D eigenvalue weighted by atomic mass is 16.5. The molecule has 3 aromatic heterocycles. The molecule has 0 saturated heterocycles. The molecule has 5 rings (SSSR count). The molecule has 1 aromatic carbocycles. The Morgan fingerprint density at radius 1 is 1.22 bits per heavy atom. The van der Waals surface area contributed by atoms with Gasteiger partial charge >= 0.3 is 6.09 Å². The van der Waals surface area contributed by atoms with Crippen molar-refractivity contribution < 1.29 is 19.1 Å². The van der Waals surface area contributed by atoms with E-state index >= 15 is 0 Å². The van der Waals surface area contributed by atoms with Gasteiger partial charge in [-0.1, -0.05) is 6.07 Å². The second-order valence-corrected chi connectivity index (χ2v) is 7.81. The number of amides is 1. The number of rotatable bonds is 4. The Morgan fingerprint density at radius 2 is 2.09 bits per heavy atom. The van der Waals surface area contributed by atoms with Crippen LogP contribution < -0.4 is 10.3 Å². The molecule has 0 saturated carbocycles. The van der Waals surface area contributed by atoms with Gasteiger partial charge in [0.25, 0.3) is 5.56 Å². The lowest BCUT2D eigenvalue weighted by Crippen LogP contribution is -2.34. The molecule has 1 aliphatic rings. The van der Waals surface area contributed by atoms with E-state index < -0.39 is 6.09 Å². The SMILES string of the molecule is Cc1ccc(COc2ccn(-c3ccc4c5c(oc4c3)CCN(C(=O)O)C5)c(=O)c2)cn1. The number of aryl methyl sites for hydroxylation is 1. The normalized spacial score (nSPS) is 13.2. The van der Waals surface area contributed by atoms with Gasteiger partial charge in [-0.3, -0.25) is 14.3 Å². The Labute approximate surface area is 183 Å². The molecule has 0 atom stereocenters. The molecule has 32 heavy (non-hydrogen) atoms. The van der Waals surface area contributed by atoms with Crippen molar-refractivity contribution in [2.24, 2.45) is 0 Å². The van der Waals surface area contributed by atoms with Crippen LogP contribution in [0.15, 0.2) is 64.1 Å². The third-order valence-corrected chi connectivity index (χ3v) is 5.64. The minimum Gasteiger partial charge on any atom is -0.489 e. The number of carbonyl (C=O) groups is 1. The Bertz CT molecular complexity index is 1370. The Morgan fingerprint density at radius 3 is 2.84 bits per heavy atom. The predicted octanol–water partition coefficient (Wildman–Crippen LogP) is 3.90. The van der Waals surface area contributed by atoms with Gasteiger partial charge in [-0.25, -0.2) is 4.79 Å². The number of carboxylic acid groups (broad SMARTS) is 1. The molecule has 4 aromatic rings. The third kappa shape index (κ3) is 3.71. The first-order valence-electron chi connectivity index (χ1n) is 10.3. The maximum Gasteiger partial charge on any atom is 0.407 e. The van der Waals surface area contributed by atoms with Crippen molar-refractivity contribution in [2.45, 2.75) is 26.5 Å². The van der Waals surface area contributed by atoms with E-state index in [0.29, 0.717) is 43.1 Å². The first kappa shape index (κ1) is 19.9. The van der Waals surface area contributed by atoms with Crippen LogP contribution in [0.3, 0.4) is 0 Å². The molecule has 0 aliphatic carbocycles. The molecule has 162 valence electrons. The second kappa shape index (κ2) is 7.88. The smallest absolute Gasteiger partial charge is 0.407 e. The van der Waals surface area contributed by atoms with Crippen LogP contribution in [0.1, 0.15) is 22.6 Å².